The fourth-order valence-corrected chi connectivity index (χ4v) is 3.85. The number of hydrogen-bond donors (Lipinski definition) is 1. The maximum absolute atomic E-state index is 5.95. The molecule has 1 aromatic heterocycles. The molecule has 0 radical (unpaired) electrons. The Morgan fingerprint density at radius 2 is 2.16 bits per heavy atom. The molecular formula is C15H19BrN2S. The average molecular weight is 339 g/mol. The zero-order chi connectivity index (χ0) is 13.8. The average Bonchev–Trinajstić information content (AvgIpc) is 2.76. The number of rotatable bonds is 5. The van der Waals surface area contributed by atoms with Crippen molar-refractivity contribution in [1.29, 1.82) is 0 Å². The van der Waals surface area contributed by atoms with E-state index in [0.717, 1.165) is 11.0 Å². The number of hydrogen-bond acceptors (Lipinski definition) is 3. The zero-order valence-corrected chi connectivity index (χ0v) is 13.7. The summed E-state index contributed by atoms with van der Waals surface area (Å²) < 4.78 is 1.13. The van der Waals surface area contributed by atoms with Crippen molar-refractivity contribution >= 4 is 27.3 Å². The third-order valence-electron chi connectivity index (χ3n) is 3.19. The van der Waals surface area contributed by atoms with Crippen molar-refractivity contribution in [3.63, 3.8) is 0 Å². The summed E-state index contributed by atoms with van der Waals surface area (Å²) >= 11 is 5.26. The molecule has 102 valence electrons. The van der Waals surface area contributed by atoms with Crippen molar-refractivity contribution in [3.05, 3.63) is 56.2 Å². The summed E-state index contributed by atoms with van der Waals surface area (Å²) in [6.45, 7) is 3.68. The molecule has 0 spiro atoms. The van der Waals surface area contributed by atoms with Gasteiger partial charge in [0.05, 0.1) is 6.04 Å². The summed E-state index contributed by atoms with van der Waals surface area (Å²) in [6, 6.07) is 11.1. The highest BCUT2D eigenvalue weighted by atomic mass is 79.9. The molecule has 19 heavy (non-hydrogen) atoms. The maximum atomic E-state index is 5.95. The Hall–Kier alpha value is -0.680. The van der Waals surface area contributed by atoms with Crippen molar-refractivity contribution in [2.45, 2.75) is 19.5 Å². The van der Waals surface area contributed by atoms with E-state index < -0.39 is 0 Å². The molecular weight excluding hydrogens is 320 g/mol. The van der Waals surface area contributed by atoms with Gasteiger partial charge in [0.1, 0.15) is 0 Å². The molecule has 1 unspecified atom stereocenters. The van der Waals surface area contributed by atoms with Gasteiger partial charge in [0, 0.05) is 27.8 Å². The molecule has 0 aliphatic heterocycles. The van der Waals surface area contributed by atoms with Crippen LogP contribution in [0.2, 0.25) is 0 Å². The van der Waals surface area contributed by atoms with Crippen LogP contribution in [0.4, 0.5) is 0 Å². The Balaban J connectivity index is 2.11. The lowest BCUT2D eigenvalue weighted by atomic mass is 10.1. The SMILES string of the molecule is Cc1cccc(CN(C)C(CN)c2cc(Br)cs2)c1. The number of halogens is 1. The first kappa shape index (κ1) is 14.7. The topological polar surface area (TPSA) is 29.3 Å². The molecule has 1 atom stereocenters. The van der Waals surface area contributed by atoms with Crippen LogP contribution in [0.3, 0.4) is 0 Å². The van der Waals surface area contributed by atoms with Crippen LogP contribution in [-0.2, 0) is 6.54 Å². The van der Waals surface area contributed by atoms with Crippen molar-refractivity contribution in [1.82, 2.24) is 4.90 Å². The van der Waals surface area contributed by atoms with Gasteiger partial charge in [0.2, 0.25) is 0 Å². The van der Waals surface area contributed by atoms with Crippen LogP contribution in [0.5, 0.6) is 0 Å². The Morgan fingerprint density at radius 3 is 2.74 bits per heavy atom. The van der Waals surface area contributed by atoms with E-state index in [2.05, 4.69) is 70.5 Å². The third-order valence-corrected chi connectivity index (χ3v) is 4.98. The highest BCUT2D eigenvalue weighted by molar-refractivity contribution is 9.10. The number of thiophene rings is 1. The van der Waals surface area contributed by atoms with E-state index in [9.17, 15) is 0 Å². The molecule has 0 aliphatic rings. The van der Waals surface area contributed by atoms with E-state index in [1.165, 1.54) is 16.0 Å². The minimum atomic E-state index is 0.275. The molecule has 0 aliphatic carbocycles. The van der Waals surface area contributed by atoms with Crippen LogP contribution in [0.15, 0.2) is 40.2 Å². The fourth-order valence-electron chi connectivity index (χ4n) is 2.22. The van der Waals surface area contributed by atoms with E-state index in [-0.39, 0.29) is 6.04 Å². The highest BCUT2D eigenvalue weighted by Gasteiger charge is 2.17. The largest absolute Gasteiger partial charge is 0.329 e. The van der Waals surface area contributed by atoms with Crippen molar-refractivity contribution in [3.8, 4) is 0 Å². The minimum absolute atomic E-state index is 0.275. The number of nitrogens with zero attached hydrogens (tertiary/aromatic N) is 1. The Morgan fingerprint density at radius 1 is 1.37 bits per heavy atom. The second-order valence-electron chi connectivity index (χ2n) is 4.82. The van der Waals surface area contributed by atoms with Gasteiger partial charge in [-0.3, -0.25) is 4.90 Å². The lowest BCUT2D eigenvalue weighted by Gasteiger charge is -2.26. The van der Waals surface area contributed by atoms with E-state index in [1.54, 1.807) is 11.3 Å². The van der Waals surface area contributed by atoms with E-state index in [4.69, 9.17) is 5.73 Å². The van der Waals surface area contributed by atoms with Crippen molar-refractivity contribution in [2.75, 3.05) is 13.6 Å². The molecule has 2 N–H and O–H groups in total. The van der Waals surface area contributed by atoms with Crippen LogP contribution in [-0.4, -0.2) is 18.5 Å². The van der Waals surface area contributed by atoms with Crippen molar-refractivity contribution in [2.24, 2.45) is 5.73 Å². The fraction of sp³-hybridized carbons (Fsp3) is 0.333. The number of benzene rings is 1. The van der Waals surface area contributed by atoms with Crippen LogP contribution in [0.25, 0.3) is 0 Å². The van der Waals surface area contributed by atoms with E-state index in [0.29, 0.717) is 6.54 Å². The molecule has 0 amide bonds. The lowest BCUT2D eigenvalue weighted by molar-refractivity contribution is 0.245. The first-order valence-corrected chi connectivity index (χ1v) is 7.97. The second kappa shape index (κ2) is 6.66. The molecule has 1 heterocycles. The first-order chi connectivity index (χ1) is 9.10. The van der Waals surface area contributed by atoms with Gasteiger partial charge < -0.3 is 5.73 Å². The molecule has 1 aromatic carbocycles. The van der Waals surface area contributed by atoms with Gasteiger partial charge in [-0.15, -0.1) is 11.3 Å². The van der Waals surface area contributed by atoms with Gasteiger partial charge >= 0.3 is 0 Å². The third kappa shape index (κ3) is 3.89. The predicted octanol–water partition coefficient (Wildman–Crippen LogP) is 3.95. The Bertz CT molecular complexity index is 538. The molecule has 2 rings (SSSR count). The quantitative estimate of drug-likeness (QED) is 0.894. The number of aryl methyl sites for hydroxylation is 1. The number of likely N-dealkylation sites (N-methyl/N-ethyl adjacent to an activating group) is 1. The summed E-state index contributed by atoms with van der Waals surface area (Å²) in [6.07, 6.45) is 0. The minimum Gasteiger partial charge on any atom is -0.329 e. The zero-order valence-electron chi connectivity index (χ0n) is 11.3. The number of nitrogens with two attached hydrogens (primary N) is 1. The normalized spacial score (nSPS) is 12.9. The van der Waals surface area contributed by atoms with Crippen LogP contribution >= 0.6 is 27.3 Å². The van der Waals surface area contributed by atoms with Crippen LogP contribution < -0.4 is 5.73 Å². The molecule has 0 fully saturated rings. The van der Waals surface area contributed by atoms with Gasteiger partial charge in [-0.05, 0) is 41.5 Å². The highest BCUT2D eigenvalue weighted by Crippen LogP contribution is 2.29. The Kier molecular flexibility index (Phi) is 5.16. The summed E-state index contributed by atoms with van der Waals surface area (Å²) in [5.41, 5.74) is 8.58. The monoisotopic (exact) mass is 338 g/mol. The maximum Gasteiger partial charge on any atom is 0.0565 e. The van der Waals surface area contributed by atoms with Crippen LogP contribution in [0, 0.1) is 6.92 Å². The van der Waals surface area contributed by atoms with Gasteiger partial charge in [0.15, 0.2) is 0 Å². The van der Waals surface area contributed by atoms with Gasteiger partial charge in [0.25, 0.3) is 0 Å². The standard InChI is InChI=1S/C15H19BrN2S/c1-11-4-3-5-12(6-11)9-18(2)14(8-17)15-7-13(16)10-19-15/h3-7,10,14H,8-9,17H2,1-2H3. The second-order valence-corrected chi connectivity index (χ2v) is 6.68. The van der Waals surface area contributed by atoms with Gasteiger partial charge in [-0.1, -0.05) is 29.8 Å². The predicted molar refractivity (Wildman–Crippen MR) is 86.5 cm³/mol. The first-order valence-electron chi connectivity index (χ1n) is 6.30. The lowest BCUT2D eigenvalue weighted by Crippen LogP contribution is -2.29. The summed E-state index contributed by atoms with van der Waals surface area (Å²) in [7, 11) is 2.13. The van der Waals surface area contributed by atoms with Crippen molar-refractivity contribution < 1.29 is 0 Å². The summed E-state index contributed by atoms with van der Waals surface area (Å²) in [4.78, 5) is 3.62. The molecule has 2 aromatic rings. The van der Waals surface area contributed by atoms with Crippen LogP contribution in [0.1, 0.15) is 22.0 Å². The molecule has 4 heteroatoms. The van der Waals surface area contributed by atoms with E-state index >= 15 is 0 Å². The summed E-state index contributed by atoms with van der Waals surface area (Å²) in [5.74, 6) is 0. The molecule has 0 saturated carbocycles. The Labute approximate surface area is 127 Å². The summed E-state index contributed by atoms with van der Waals surface area (Å²) in [5, 5.41) is 2.11. The molecule has 2 nitrogen and oxygen atoms in total. The van der Waals surface area contributed by atoms with Gasteiger partial charge in [-0.25, -0.2) is 0 Å². The van der Waals surface area contributed by atoms with E-state index in [1.807, 2.05) is 0 Å². The molecule has 0 bridgehead atoms. The van der Waals surface area contributed by atoms with Gasteiger partial charge in [-0.2, -0.15) is 0 Å². The molecule has 0 saturated heterocycles. The smallest absolute Gasteiger partial charge is 0.0565 e.